The molecule has 606 valence electrons. The lowest BCUT2D eigenvalue weighted by Crippen LogP contribution is -2.30. The van der Waals surface area contributed by atoms with Gasteiger partial charge in [0, 0.05) is 25.7 Å². The zero-order valence-corrected chi connectivity index (χ0v) is 68.5. The molecule has 0 radical (unpaired) electrons. The van der Waals surface area contributed by atoms with E-state index in [2.05, 4.69) is 34.6 Å². The fraction of sp³-hybridized carbons (Fsp3) is 0.952. The number of esters is 4. The minimum absolute atomic E-state index is 0.108. The minimum atomic E-state index is -4.96. The van der Waals surface area contributed by atoms with E-state index >= 15 is 0 Å². The second kappa shape index (κ2) is 75.9. The van der Waals surface area contributed by atoms with Crippen LogP contribution in [0, 0.1) is 5.92 Å². The molecule has 0 spiro atoms. The molecule has 0 aromatic heterocycles. The van der Waals surface area contributed by atoms with Crippen LogP contribution in [0.2, 0.25) is 0 Å². The fourth-order valence-electron chi connectivity index (χ4n) is 12.9. The van der Waals surface area contributed by atoms with Gasteiger partial charge in [-0.15, -0.1) is 0 Å². The average Bonchev–Trinajstić information content (AvgIpc) is 0.919. The molecule has 0 saturated carbocycles. The van der Waals surface area contributed by atoms with E-state index in [0.29, 0.717) is 25.7 Å². The number of hydrogen-bond donors (Lipinski definition) is 3. The van der Waals surface area contributed by atoms with Gasteiger partial charge < -0.3 is 33.8 Å². The van der Waals surface area contributed by atoms with Crippen molar-refractivity contribution in [2.75, 3.05) is 39.6 Å². The Morgan fingerprint density at radius 1 is 0.275 bits per heavy atom. The highest BCUT2D eigenvalue weighted by molar-refractivity contribution is 7.47. The van der Waals surface area contributed by atoms with Crippen molar-refractivity contribution in [1.82, 2.24) is 0 Å². The van der Waals surface area contributed by atoms with E-state index < -0.39 is 97.5 Å². The summed E-state index contributed by atoms with van der Waals surface area (Å²) in [5, 5.41) is 10.6. The highest BCUT2D eigenvalue weighted by Crippen LogP contribution is 2.45. The molecular weight excluding hydrogens is 1330 g/mol. The van der Waals surface area contributed by atoms with Crippen molar-refractivity contribution < 1.29 is 80.2 Å². The topological polar surface area (TPSA) is 237 Å². The molecule has 102 heavy (non-hydrogen) atoms. The van der Waals surface area contributed by atoms with Crippen molar-refractivity contribution in [3.8, 4) is 0 Å². The van der Waals surface area contributed by atoms with Gasteiger partial charge in [-0.05, 0) is 31.6 Å². The Kier molecular flexibility index (Phi) is 74.4. The lowest BCUT2D eigenvalue weighted by atomic mass is 9.99. The summed E-state index contributed by atoms with van der Waals surface area (Å²) in [4.78, 5) is 73.0. The number of phosphoric acid groups is 2. The third-order valence-corrected chi connectivity index (χ3v) is 21.8. The zero-order chi connectivity index (χ0) is 74.8. The number of aliphatic hydroxyl groups excluding tert-OH is 1. The summed E-state index contributed by atoms with van der Waals surface area (Å²) < 4.78 is 68.7. The Morgan fingerprint density at radius 2 is 0.471 bits per heavy atom. The van der Waals surface area contributed by atoms with Crippen molar-refractivity contribution in [2.45, 2.75) is 464 Å². The fourth-order valence-corrected chi connectivity index (χ4v) is 14.5. The molecule has 0 saturated heterocycles. The van der Waals surface area contributed by atoms with Crippen LogP contribution >= 0.6 is 15.6 Å². The number of rotatable bonds is 83. The number of carbonyl (C=O) groups excluding carboxylic acids is 4. The predicted molar refractivity (Wildman–Crippen MR) is 418 cm³/mol. The first kappa shape index (κ1) is 100. The Bertz CT molecular complexity index is 1950. The molecule has 0 aliphatic rings. The van der Waals surface area contributed by atoms with Crippen LogP contribution in [0.3, 0.4) is 0 Å². The van der Waals surface area contributed by atoms with Gasteiger partial charge in [0.15, 0.2) is 12.2 Å². The largest absolute Gasteiger partial charge is 0.472 e. The van der Waals surface area contributed by atoms with Crippen LogP contribution in [0.1, 0.15) is 446 Å². The lowest BCUT2D eigenvalue weighted by Gasteiger charge is -2.21. The minimum Gasteiger partial charge on any atom is -0.462 e. The zero-order valence-electron chi connectivity index (χ0n) is 66.8. The van der Waals surface area contributed by atoms with Crippen molar-refractivity contribution in [1.29, 1.82) is 0 Å². The van der Waals surface area contributed by atoms with Crippen molar-refractivity contribution in [3.05, 3.63) is 0 Å². The molecule has 6 atom stereocenters. The molecular formula is C83H162O17P2. The maximum atomic E-state index is 13.1. The first-order chi connectivity index (χ1) is 49.6. The van der Waals surface area contributed by atoms with Gasteiger partial charge in [-0.1, -0.05) is 394 Å². The second-order valence-electron chi connectivity index (χ2n) is 30.1. The third-order valence-electron chi connectivity index (χ3n) is 19.9. The molecule has 0 bridgehead atoms. The van der Waals surface area contributed by atoms with Gasteiger partial charge in [0.25, 0.3) is 0 Å². The molecule has 17 nitrogen and oxygen atoms in total. The molecule has 3 unspecified atom stereocenters. The molecule has 0 rings (SSSR count). The van der Waals surface area contributed by atoms with E-state index in [1.54, 1.807) is 0 Å². The second-order valence-corrected chi connectivity index (χ2v) is 33.0. The Morgan fingerprint density at radius 3 is 0.696 bits per heavy atom. The number of ether oxygens (including phenoxy) is 4. The maximum Gasteiger partial charge on any atom is 0.472 e. The van der Waals surface area contributed by atoms with E-state index in [1.807, 2.05) is 0 Å². The molecule has 0 aromatic carbocycles. The van der Waals surface area contributed by atoms with Gasteiger partial charge in [-0.3, -0.25) is 37.3 Å². The van der Waals surface area contributed by atoms with Crippen LogP contribution in [0.25, 0.3) is 0 Å². The first-order valence-corrected chi connectivity index (χ1v) is 46.2. The van der Waals surface area contributed by atoms with Gasteiger partial charge in [0.2, 0.25) is 0 Å². The molecule has 0 aliphatic carbocycles. The highest BCUT2D eigenvalue weighted by atomic mass is 31.2. The molecule has 0 aliphatic heterocycles. The first-order valence-electron chi connectivity index (χ1n) is 43.2. The van der Waals surface area contributed by atoms with E-state index in [9.17, 15) is 43.2 Å². The predicted octanol–water partition coefficient (Wildman–Crippen LogP) is 25.2. The summed E-state index contributed by atoms with van der Waals surface area (Å²) in [5.74, 6) is -1.23. The number of phosphoric ester groups is 2. The van der Waals surface area contributed by atoms with E-state index in [1.165, 1.54) is 270 Å². The SMILES string of the molecule is CCCCCCCCCCCCCCCCCCCC(=O)OC[C@H](COP(=O)(O)OC[C@@H](O)COP(=O)(O)OC[C@@H](COC(=O)CCCCCCCCCC)OC(=O)CCCCCCCCCCCCCCCCC)OC(=O)CCCCCCCCCCCCCCCCCCCCC(C)CC. The smallest absolute Gasteiger partial charge is 0.462 e. The van der Waals surface area contributed by atoms with Gasteiger partial charge in [-0.25, -0.2) is 9.13 Å². The molecule has 0 fully saturated rings. The summed E-state index contributed by atoms with van der Waals surface area (Å²) in [7, 11) is -9.92. The Labute approximate surface area is 626 Å². The van der Waals surface area contributed by atoms with Crippen molar-refractivity contribution in [3.63, 3.8) is 0 Å². The molecule has 19 heteroatoms. The van der Waals surface area contributed by atoms with Crippen LogP contribution < -0.4 is 0 Å². The van der Waals surface area contributed by atoms with Gasteiger partial charge in [0.05, 0.1) is 26.4 Å². The number of hydrogen-bond acceptors (Lipinski definition) is 15. The highest BCUT2D eigenvalue weighted by Gasteiger charge is 2.30. The third kappa shape index (κ3) is 74.9. The molecule has 0 aromatic rings. The van der Waals surface area contributed by atoms with Crippen LogP contribution in [-0.2, 0) is 65.4 Å². The van der Waals surface area contributed by atoms with Gasteiger partial charge in [0.1, 0.15) is 19.3 Å². The van der Waals surface area contributed by atoms with E-state index in [-0.39, 0.29) is 25.7 Å². The Hall–Kier alpha value is -1.94. The monoisotopic (exact) mass is 1490 g/mol. The van der Waals surface area contributed by atoms with Crippen molar-refractivity contribution in [2.24, 2.45) is 5.92 Å². The average molecular weight is 1490 g/mol. The van der Waals surface area contributed by atoms with Gasteiger partial charge in [-0.2, -0.15) is 0 Å². The molecule has 0 heterocycles. The quantitative estimate of drug-likeness (QED) is 0.0222. The van der Waals surface area contributed by atoms with E-state index in [4.69, 9.17) is 37.0 Å². The normalized spacial score (nSPS) is 14.1. The number of aliphatic hydroxyl groups is 1. The summed E-state index contributed by atoms with van der Waals surface area (Å²) in [5.41, 5.74) is 0. The van der Waals surface area contributed by atoms with Crippen LogP contribution in [0.5, 0.6) is 0 Å². The van der Waals surface area contributed by atoms with E-state index in [0.717, 1.165) is 95.8 Å². The standard InChI is InChI=1S/C83H162O17P2/c1-6-10-13-16-19-22-24-26-28-31-36-39-43-47-52-57-62-67-81(86)94-73-79(100-83(88)69-64-59-54-49-45-41-37-33-30-29-32-35-38-42-46-50-55-60-65-76(5)9-4)75-98-102(91,92)96-71-77(84)70-95-101(89,90)97-74-78(72-93-80(85)66-61-56-51-21-18-15-12-8-3)99-82(87)68-63-58-53-48-44-40-34-27-25-23-20-17-14-11-7-2/h76-79,84H,6-75H2,1-5H3,(H,89,90)(H,91,92)/t76?,77-,78+,79+/m0/s1. The lowest BCUT2D eigenvalue weighted by molar-refractivity contribution is -0.161. The summed E-state index contributed by atoms with van der Waals surface area (Å²) in [6.45, 7) is 7.39. The van der Waals surface area contributed by atoms with Crippen molar-refractivity contribution >= 4 is 39.5 Å². The summed E-state index contributed by atoms with van der Waals surface area (Å²) in [6, 6.07) is 0. The maximum absolute atomic E-state index is 13.1. The number of unbranched alkanes of at least 4 members (excludes halogenated alkanes) is 54. The summed E-state index contributed by atoms with van der Waals surface area (Å²) in [6.07, 6.45) is 68.0. The molecule has 0 amide bonds. The van der Waals surface area contributed by atoms with Crippen LogP contribution in [0.4, 0.5) is 0 Å². The van der Waals surface area contributed by atoms with Crippen LogP contribution in [-0.4, -0.2) is 96.7 Å². The van der Waals surface area contributed by atoms with Gasteiger partial charge >= 0.3 is 39.5 Å². The van der Waals surface area contributed by atoms with Crippen LogP contribution in [0.15, 0.2) is 0 Å². The Balaban J connectivity index is 5.18. The number of carbonyl (C=O) groups is 4. The summed E-state index contributed by atoms with van der Waals surface area (Å²) >= 11 is 0. The molecule has 3 N–H and O–H groups in total.